The van der Waals surface area contributed by atoms with Crippen LogP contribution in [0.3, 0.4) is 0 Å². The molecule has 0 spiro atoms. The van der Waals surface area contributed by atoms with Gasteiger partial charge in [0.05, 0.1) is 20.6 Å². The summed E-state index contributed by atoms with van der Waals surface area (Å²) in [7, 11) is 3.32. The molecule has 1 saturated heterocycles. The Balaban J connectivity index is 1.10. The van der Waals surface area contributed by atoms with Crippen LogP contribution in [0.4, 0.5) is 5.69 Å². The summed E-state index contributed by atoms with van der Waals surface area (Å²) in [4.78, 5) is 21.6. The molecular weight excluding hydrogens is 500 g/mol. The highest BCUT2D eigenvalue weighted by atomic mass is 32.1. The summed E-state index contributed by atoms with van der Waals surface area (Å²) in [5.74, 6) is 3.16. The predicted molar refractivity (Wildman–Crippen MR) is 148 cm³/mol. The van der Waals surface area contributed by atoms with E-state index in [2.05, 4.69) is 26.4 Å². The van der Waals surface area contributed by atoms with Crippen LogP contribution in [0.15, 0.2) is 72.8 Å². The minimum absolute atomic E-state index is 0.138. The smallest absolute Gasteiger partial charge is 0.298 e. The molecule has 196 valence electrons. The fraction of sp³-hybridized carbons (Fsp3) is 0.276. The highest BCUT2D eigenvalue weighted by molar-refractivity contribution is 7.07. The number of aromatic nitrogens is 2. The van der Waals surface area contributed by atoms with Crippen LogP contribution in [-0.4, -0.2) is 60.6 Å². The van der Waals surface area contributed by atoms with Crippen molar-refractivity contribution in [1.82, 2.24) is 14.3 Å². The van der Waals surface area contributed by atoms with Gasteiger partial charge in [-0.1, -0.05) is 24.3 Å². The maximum absolute atomic E-state index is 12.9. The van der Waals surface area contributed by atoms with Crippen LogP contribution in [0.2, 0.25) is 0 Å². The third-order valence-corrected chi connectivity index (χ3v) is 7.13. The monoisotopic (exact) mass is 530 g/mol. The number of carbonyl (C=O) groups is 1. The number of methoxy groups -OCH3 is 2. The van der Waals surface area contributed by atoms with Crippen molar-refractivity contribution in [3.63, 3.8) is 0 Å². The van der Waals surface area contributed by atoms with Gasteiger partial charge in [-0.05, 0) is 59.7 Å². The number of rotatable bonds is 9. The van der Waals surface area contributed by atoms with Crippen molar-refractivity contribution in [2.45, 2.75) is 12.8 Å². The Kier molecular flexibility index (Phi) is 8.04. The molecule has 1 fully saturated rings. The summed E-state index contributed by atoms with van der Waals surface area (Å²) in [5, 5.41) is 0.487. The van der Waals surface area contributed by atoms with Crippen LogP contribution in [-0.2, 0) is 17.6 Å². The van der Waals surface area contributed by atoms with Gasteiger partial charge in [0.2, 0.25) is 5.91 Å². The number of ether oxygens (including phenoxy) is 3. The standard InChI is InChI=1S/C29H30N4O4S/c1-35-24-12-8-23(9-13-24)32-14-16-33(17-15-32)28(34)20-21-6-10-25(11-7-21)37-29-30-27(31-38-29)19-22-4-3-5-26(18-22)36-2/h3-13,18H,14-17,19-20H2,1-2H3. The summed E-state index contributed by atoms with van der Waals surface area (Å²) in [6.07, 6.45) is 0.971. The Bertz CT molecular complexity index is 1350. The second-order valence-electron chi connectivity index (χ2n) is 8.99. The van der Waals surface area contributed by atoms with E-state index in [0.29, 0.717) is 42.7 Å². The number of nitrogens with zero attached hydrogens (tertiary/aromatic N) is 4. The van der Waals surface area contributed by atoms with Crippen molar-refractivity contribution in [3.05, 3.63) is 89.7 Å². The van der Waals surface area contributed by atoms with Gasteiger partial charge in [-0.25, -0.2) is 0 Å². The van der Waals surface area contributed by atoms with E-state index in [9.17, 15) is 4.79 Å². The molecule has 1 aliphatic rings. The molecular formula is C29H30N4O4S. The third-order valence-electron chi connectivity index (χ3n) is 6.50. The molecule has 0 saturated carbocycles. The lowest BCUT2D eigenvalue weighted by Gasteiger charge is -2.36. The van der Waals surface area contributed by atoms with Crippen LogP contribution >= 0.6 is 11.5 Å². The van der Waals surface area contributed by atoms with Gasteiger partial charge in [-0.15, -0.1) is 0 Å². The number of amides is 1. The molecule has 0 bridgehead atoms. The first kappa shape index (κ1) is 25.5. The molecule has 4 aromatic rings. The maximum atomic E-state index is 12.9. The quantitative estimate of drug-likeness (QED) is 0.307. The average molecular weight is 531 g/mol. The SMILES string of the molecule is COc1ccc(N2CCN(C(=O)Cc3ccc(Oc4nc(Cc5cccc(OC)c5)ns4)cc3)CC2)cc1. The van der Waals surface area contributed by atoms with Gasteiger partial charge in [0.1, 0.15) is 17.2 Å². The van der Waals surface area contributed by atoms with Crippen molar-refractivity contribution < 1.29 is 19.0 Å². The first-order chi connectivity index (χ1) is 18.6. The van der Waals surface area contributed by atoms with E-state index >= 15 is 0 Å². The second-order valence-corrected chi connectivity index (χ2v) is 9.71. The Morgan fingerprint density at radius 2 is 1.55 bits per heavy atom. The van der Waals surface area contributed by atoms with Gasteiger partial charge in [-0.2, -0.15) is 9.36 Å². The van der Waals surface area contributed by atoms with Gasteiger partial charge in [-0.3, -0.25) is 4.79 Å². The molecule has 2 heterocycles. The third kappa shape index (κ3) is 6.41. The number of benzene rings is 3. The average Bonchev–Trinajstić information content (AvgIpc) is 3.40. The Hall–Kier alpha value is -4.11. The zero-order valence-electron chi connectivity index (χ0n) is 21.5. The summed E-state index contributed by atoms with van der Waals surface area (Å²) in [5.41, 5.74) is 3.18. The number of piperazine rings is 1. The molecule has 0 N–H and O–H groups in total. The lowest BCUT2D eigenvalue weighted by molar-refractivity contribution is -0.130. The van der Waals surface area contributed by atoms with E-state index < -0.39 is 0 Å². The van der Waals surface area contributed by atoms with Crippen molar-refractivity contribution in [1.29, 1.82) is 0 Å². The minimum atomic E-state index is 0.138. The molecule has 38 heavy (non-hydrogen) atoms. The van der Waals surface area contributed by atoms with E-state index in [1.165, 1.54) is 11.5 Å². The minimum Gasteiger partial charge on any atom is -0.497 e. The number of carbonyl (C=O) groups excluding carboxylic acids is 1. The lowest BCUT2D eigenvalue weighted by atomic mass is 10.1. The number of hydrogen-bond donors (Lipinski definition) is 0. The first-order valence-corrected chi connectivity index (χ1v) is 13.3. The zero-order chi connectivity index (χ0) is 26.3. The summed E-state index contributed by atoms with van der Waals surface area (Å²) in [6.45, 7) is 3.04. The van der Waals surface area contributed by atoms with Crippen molar-refractivity contribution in [3.8, 4) is 22.4 Å². The molecule has 1 aliphatic heterocycles. The first-order valence-electron chi connectivity index (χ1n) is 12.5. The number of hydrogen-bond acceptors (Lipinski definition) is 8. The predicted octanol–water partition coefficient (Wildman–Crippen LogP) is 4.83. The Labute approximate surface area is 226 Å². The van der Waals surface area contributed by atoms with E-state index in [-0.39, 0.29) is 5.91 Å². The van der Waals surface area contributed by atoms with Crippen LogP contribution in [0.5, 0.6) is 22.4 Å². The Morgan fingerprint density at radius 1 is 0.842 bits per heavy atom. The van der Waals surface area contributed by atoms with Gasteiger partial charge in [0.25, 0.3) is 5.19 Å². The van der Waals surface area contributed by atoms with Gasteiger partial charge < -0.3 is 24.0 Å². The zero-order valence-corrected chi connectivity index (χ0v) is 22.3. The topological polar surface area (TPSA) is 77.0 Å². The lowest BCUT2D eigenvalue weighted by Crippen LogP contribution is -2.49. The molecule has 9 heteroatoms. The number of anilines is 1. The van der Waals surface area contributed by atoms with Gasteiger partial charge in [0, 0.05) is 49.8 Å². The normalized spacial score (nSPS) is 13.3. The highest BCUT2D eigenvalue weighted by Gasteiger charge is 2.21. The van der Waals surface area contributed by atoms with Crippen molar-refractivity contribution >= 4 is 23.1 Å². The summed E-state index contributed by atoms with van der Waals surface area (Å²) >= 11 is 1.22. The molecule has 1 aromatic heterocycles. The van der Waals surface area contributed by atoms with E-state index in [4.69, 9.17) is 14.2 Å². The van der Waals surface area contributed by atoms with E-state index in [1.807, 2.05) is 65.6 Å². The molecule has 5 rings (SSSR count). The molecule has 0 aliphatic carbocycles. The molecule has 0 unspecified atom stereocenters. The van der Waals surface area contributed by atoms with Crippen LogP contribution < -0.4 is 19.1 Å². The maximum Gasteiger partial charge on any atom is 0.298 e. The molecule has 0 atom stereocenters. The highest BCUT2D eigenvalue weighted by Crippen LogP contribution is 2.25. The largest absolute Gasteiger partial charge is 0.497 e. The second kappa shape index (κ2) is 12.0. The summed E-state index contributed by atoms with van der Waals surface area (Å²) in [6, 6.07) is 23.5. The van der Waals surface area contributed by atoms with Crippen molar-refractivity contribution in [2.75, 3.05) is 45.3 Å². The molecule has 0 radical (unpaired) electrons. The van der Waals surface area contributed by atoms with E-state index in [0.717, 1.165) is 41.4 Å². The van der Waals surface area contributed by atoms with Crippen LogP contribution in [0.25, 0.3) is 0 Å². The van der Waals surface area contributed by atoms with E-state index in [1.54, 1.807) is 14.2 Å². The molecule has 8 nitrogen and oxygen atoms in total. The van der Waals surface area contributed by atoms with Crippen LogP contribution in [0, 0.1) is 0 Å². The molecule has 1 amide bonds. The van der Waals surface area contributed by atoms with Crippen LogP contribution in [0.1, 0.15) is 17.0 Å². The van der Waals surface area contributed by atoms with Gasteiger partial charge >= 0.3 is 0 Å². The Morgan fingerprint density at radius 3 is 2.26 bits per heavy atom. The van der Waals surface area contributed by atoms with Crippen molar-refractivity contribution in [2.24, 2.45) is 0 Å². The van der Waals surface area contributed by atoms with Gasteiger partial charge in [0.15, 0.2) is 5.82 Å². The summed E-state index contributed by atoms with van der Waals surface area (Å²) < 4.78 is 20.8. The fourth-order valence-electron chi connectivity index (χ4n) is 4.39. The molecule has 3 aromatic carbocycles. The fourth-order valence-corrected chi connectivity index (χ4v) is 4.95.